The van der Waals surface area contributed by atoms with Gasteiger partial charge in [0.25, 0.3) is 11.5 Å². The second kappa shape index (κ2) is 10.5. The molecule has 41 heavy (non-hydrogen) atoms. The van der Waals surface area contributed by atoms with Gasteiger partial charge in [-0.05, 0) is 74.1 Å². The first-order valence-corrected chi connectivity index (χ1v) is 13.8. The third kappa shape index (κ3) is 4.73. The van der Waals surface area contributed by atoms with Crippen molar-refractivity contribution in [2.45, 2.75) is 63.4 Å². The summed E-state index contributed by atoms with van der Waals surface area (Å²) in [4.78, 5) is 31.5. The van der Waals surface area contributed by atoms with Gasteiger partial charge in [-0.3, -0.25) is 14.5 Å². The van der Waals surface area contributed by atoms with Crippen LogP contribution in [0.2, 0.25) is 0 Å². The quantitative estimate of drug-likeness (QED) is 0.301. The van der Waals surface area contributed by atoms with Crippen molar-refractivity contribution < 1.29 is 22.7 Å². The van der Waals surface area contributed by atoms with E-state index in [2.05, 4.69) is 4.57 Å². The molecule has 1 saturated heterocycles. The second-order valence-electron chi connectivity index (χ2n) is 11.1. The molecule has 214 valence electrons. The van der Waals surface area contributed by atoms with E-state index >= 15 is 4.39 Å². The van der Waals surface area contributed by atoms with E-state index in [0.717, 1.165) is 54.5 Å². The summed E-state index contributed by atoms with van der Waals surface area (Å²) < 4.78 is 52.2. The van der Waals surface area contributed by atoms with Crippen LogP contribution < -0.4 is 10.5 Å². The third-order valence-corrected chi connectivity index (χ3v) is 8.48. The van der Waals surface area contributed by atoms with Gasteiger partial charge in [0, 0.05) is 50.1 Å². The van der Waals surface area contributed by atoms with E-state index in [1.54, 1.807) is 31.8 Å². The lowest BCUT2D eigenvalue weighted by atomic mass is 9.92. The summed E-state index contributed by atoms with van der Waals surface area (Å²) in [6.07, 6.45) is 3.29. The van der Waals surface area contributed by atoms with Crippen molar-refractivity contribution in [1.82, 2.24) is 14.1 Å². The lowest BCUT2D eigenvalue weighted by Crippen LogP contribution is -2.32. The highest BCUT2D eigenvalue weighted by molar-refractivity contribution is 5.99. The summed E-state index contributed by atoms with van der Waals surface area (Å²) in [5.74, 6) is -2.45. The van der Waals surface area contributed by atoms with Gasteiger partial charge in [0.05, 0.1) is 23.2 Å². The number of ether oxygens (including phenoxy) is 1. The number of hydrogen-bond donors (Lipinski definition) is 0. The molecular formula is C31H31F3N4O3. The maximum Gasteiger partial charge on any atom is 0.262 e. The fourth-order valence-corrected chi connectivity index (χ4v) is 6.36. The number of halogens is 3. The normalized spacial score (nSPS) is 23.1. The molecule has 2 atom stereocenters. The summed E-state index contributed by atoms with van der Waals surface area (Å²) in [7, 11) is 3.41. The standard InChI is InChI=1S/C31H31F3N4O3/c1-17-12-19(16-36(2)30(17)39)18-4-11-27-26(13-18)35-29(37(27)20-5-8-22(41-3)9-6-20)28-15-25(34)31(40)38(28)21-7-10-23(32)24(33)14-21/h4,7,10-14,16,20,22,25,28H,5-6,8-9,15H2,1-3H3/t20?,22?,25-,28+/m1/s1. The van der Waals surface area contributed by atoms with Gasteiger partial charge in [-0.15, -0.1) is 0 Å². The Morgan fingerprint density at radius 3 is 2.39 bits per heavy atom. The van der Waals surface area contributed by atoms with Crippen molar-refractivity contribution >= 4 is 22.6 Å². The number of carbonyl (C=O) groups excluding carboxylic acids is 1. The number of fused-ring (bicyclic) bond motifs is 1. The first kappa shape index (κ1) is 27.3. The number of benzene rings is 2. The van der Waals surface area contributed by atoms with Gasteiger partial charge in [-0.2, -0.15) is 0 Å². The smallest absolute Gasteiger partial charge is 0.262 e. The highest BCUT2D eigenvalue weighted by atomic mass is 19.2. The van der Waals surface area contributed by atoms with E-state index < -0.39 is 29.8 Å². The molecule has 0 unspecified atom stereocenters. The highest BCUT2D eigenvalue weighted by Crippen LogP contribution is 2.43. The SMILES string of the molecule is COC1CCC(n2c([C@@H]3C[C@@H](F)C(=O)N3c3ccc(F)c(F)c3)nc3cc(-c4cc(C)c(=O)n(C)c4)ccc32)CC1. The Balaban J connectivity index is 1.50. The number of methoxy groups -OCH3 is 1. The Labute approximate surface area is 235 Å². The summed E-state index contributed by atoms with van der Waals surface area (Å²) in [6.45, 7) is 1.77. The Morgan fingerprint density at radius 2 is 1.71 bits per heavy atom. The molecule has 0 N–H and O–H groups in total. The molecule has 3 heterocycles. The molecule has 1 aliphatic carbocycles. The summed E-state index contributed by atoms with van der Waals surface area (Å²) in [5.41, 5.74) is 3.85. The number of imidazole rings is 1. The molecular weight excluding hydrogens is 533 g/mol. The van der Waals surface area contributed by atoms with Crippen molar-refractivity contribution in [2.75, 3.05) is 12.0 Å². The molecule has 1 amide bonds. The van der Waals surface area contributed by atoms with Crippen LogP contribution in [0.25, 0.3) is 22.2 Å². The summed E-state index contributed by atoms with van der Waals surface area (Å²) in [6, 6.07) is 10.1. The van der Waals surface area contributed by atoms with Crippen LogP contribution in [0.15, 0.2) is 53.5 Å². The van der Waals surface area contributed by atoms with Gasteiger partial charge >= 0.3 is 0 Å². The number of carbonyl (C=O) groups is 1. The second-order valence-corrected chi connectivity index (χ2v) is 11.1. The van der Waals surface area contributed by atoms with Crippen molar-refractivity contribution in [3.63, 3.8) is 0 Å². The van der Waals surface area contributed by atoms with Crippen molar-refractivity contribution in [2.24, 2.45) is 7.05 Å². The number of amides is 1. The molecule has 2 aromatic heterocycles. The number of nitrogens with zero attached hydrogens (tertiary/aromatic N) is 4. The van der Waals surface area contributed by atoms with Crippen LogP contribution in [-0.2, 0) is 16.6 Å². The number of rotatable bonds is 5. The molecule has 0 bridgehead atoms. The predicted octanol–water partition coefficient (Wildman–Crippen LogP) is 5.93. The first-order valence-electron chi connectivity index (χ1n) is 13.8. The number of aromatic nitrogens is 3. The van der Waals surface area contributed by atoms with Gasteiger partial charge in [0.2, 0.25) is 0 Å². The maximum absolute atomic E-state index is 15.0. The molecule has 4 aromatic rings. The highest BCUT2D eigenvalue weighted by Gasteiger charge is 2.45. The van der Waals surface area contributed by atoms with Gasteiger partial charge in [0.15, 0.2) is 17.8 Å². The van der Waals surface area contributed by atoms with E-state index in [-0.39, 0.29) is 29.8 Å². The molecule has 1 saturated carbocycles. The van der Waals surface area contributed by atoms with Crippen LogP contribution in [0.4, 0.5) is 18.9 Å². The molecule has 2 aliphatic rings. The topological polar surface area (TPSA) is 69.4 Å². The minimum Gasteiger partial charge on any atom is -0.381 e. The van der Waals surface area contributed by atoms with Crippen LogP contribution in [0.5, 0.6) is 0 Å². The summed E-state index contributed by atoms with van der Waals surface area (Å²) in [5, 5.41) is 0. The van der Waals surface area contributed by atoms with Crippen LogP contribution in [-0.4, -0.2) is 39.4 Å². The van der Waals surface area contributed by atoms with E-state index in [9.17, 15) is 18.4 Å². The predicted molar refractivity (Wildman–Crippen MR) is 150 cm³/mol. The Morgan fingerprint density at radius 1 is 0.951 bits per heavy atom. The van der Waals surface area contributed by atoms with E-state index in [1.165, 1.54) is 11.0 Å². The average molecular weight is 565 g/mol. The third-order valence-electron chi connectivity index (χ3n) is 8.48. The van der Waals surface area contributed by atoms with Crippen molar-refractivity contribution in [3.05, 3.63) is 82.0 Å². The maximum atomic E-state index is 15.0. The lowest BCUT2D eigenvalue weighted by molar-refractivity contribution is -0.121. The Kier molecular flexibility index (Phi) is 6.97. The number of hydrogen-bond acceptors (Lipinski definition) is 4. The molecule has 2 fully saturated rings. The van der Waals surface area contributed by atoms with Crippen molar-refractivity contribution in [3.8, 4) is 11.1 Å². The van der Waals surface area contributed by atoms with Crippen LogP contribution >= 0.6 is 0 Å². The Bertz CT molecular complexity index is 1680. The van der Waals surface area contributed by atoms with E-state index in [1.807, 2.05) is 24.3 Å². The monoisotopic (exact) mass is 564 g/mol. The van der Waals surface area contributed by atoms with Gasteiger partial charge in [0.1, 0.15) is 5.82 Å². The van der Waals surface area contributed by atoms with Gasteiger partial charge in [-0.25, -0.2) is 18.2 Å². The minimum atomic E-state index is -1.80. The molecule has 0 radical (unpaired) electrons. The van der Waals surface area contributed by atoms with E-state index in [4.69, 9.17) is 9.72 Å². The average Bonchev–Trinajstić information content (AvgIpc) is 3.49. The van der Waals surface area contributed by atoms with Crippen LogP contribution in [0.1, 0.15) is 55.6 Å². The first-order chi connectivity index (χ1) is 19.7. The molecule has 0 spiro atoms. The zero-order valence-electron chi connectivity index (χ0n) is 23.1. The fourth-order valence-electron chi connectivity index (χ4n) is 6.36. The molecule has 7 nitrogen and oxygen atoms in total. The van der Waals surface area contributed by atoms with Gasteiger partial charge in [-0.1, -0.05) is 6.07 Å². The van der Waals surface area contributed by atoms with Crippen LogP contribution in [0.3, 0.4) is 0 Å². The lowest BCUT2D eigenvalue weighted by Gasteiger charge is -2.32. The number of aryl methyl sites for hydroxylation is 2. The largest absolute Gasteiger partial charge is 0.381 e. The fraction of sp³-hybridized carbons (Fsp3) is 0.387. The Hall–Kier alpha value is -3.92. The van der Waals surface area contributed by atoms with E-state index in [0.29, 0.717) is 16.9 Å². The zero-order valence-corrected chi connectivity index (χ0v) is 23.1. The van der Waals surface area contributed by atoms with Gasteiger partial charge < -0.3 is 13.9 Å². The zero-order chi connectivity index (χ0) is 29.0. The molecule has 10 heteroatoms. The number of pyridine rings is 1. The minimum absolute atomic E-state index is 0.0348. The summed E-state index contributed by atoms with van der Waals surface area (Å²) >= 11 is 0. The van der Waals surface area contributed by atoms with Crippen molar-refractivity contribution in [1.29, 1.82) is 0 Å². The molecule has 2 aromatic carbocycles. The number of alkyl halides is 1. The molecule has 6 rings (SSSR count). The van der Waals surface area contributed by atoms with Crippen LogP contribution in [0, 0.1) is 18.6 Å². The number of anilines is 1. The molecule has 1 aliphatic heterocycles.